The minimum absolute atomic E-state index is 0.479. The molecule has 98 valence electrons. The number of rotatable bonds is 7. The van der Waals surface area contributed by atoms with Gasteiger partial charge in [0, 0.05) is 11.5 Å². The van der Waals surface area contributed by atoms with Crippen LogP contribution < -0.4 is 14.2 Å². The Morgan fingerprint density at radius 3 is 2.17 bits per heavy atom. The average Bonchev–Trinajstić information content (AvgIpc) is 2.42. The molecule has 0 amide bonds. The molecular weight excluding hydrogens is 234 g/mol. The van der Waals surface area contributed by atoms with Gasteiger partial charge in [0.1, 0.15) is 0 Å². The quantitative estimate of drug-likeness (QED) is 0.323. The van der Waals surface area contributed by atoms with Gasteiger partial charge in [-0.1, -0.05) is 5.11 Å². The average molecular weight is 251 g/mol. The molecule has 6 nitrogen and oxygen atoms in total. The number of hydrogen-bond donors (Lipinski definition) is 0. The Morgan fingerprint density at radius 2 is 1.72 bits per heavy atom. The summed E-state index contributed by atoms with van der Waals surface area (Å²) in [5.74, 6) is 1.85. The molecule has 1 aromatic carbocycles. The van der Waals surface area contributed by atoms with Crippen molar-refractivity contribution in [1.82, 2.24) is 0 Å². The third kappa shape index (κ3) is 3.46. The maximum Gasteiger partial charge on any atom is 0.203 e. The largest absolute Gasteiger partial charge is 0.493 e. The van der Waals surface area contributed by atoms with Gasteiger partial charge in [-0.05, 0) is 36.1 Å². The second-order valence-electron chi connectivity index (χ2n) is 3.59. The number of nitrogens with zero attached hydrogens (tertiary/aromatic N) is 3. The standard InChI is InChI=1S/C12H17N3O3/c1-16-10-7-9(5-4-6-14-15-13)8-11(17-2)12(10)18-3/h7-8H,4-6H2,1-3H3. The molecule has 0 aliphatic rings. The lowest BCUT2D eigenvalue weighted by Gasteiger charge is -2.13. The van der Waals surface area contributed by atoms with Crippen LogP contribution in [0.3, 0.4) is 0 Å². The molecule has 0 fully saturated rings. The van der Waals surface area contributed by atoms with E-state index in [9.17, 15) is 0 Å². The Labute approximate surface area is 106 Å². The van der Waals surface area contributed by atoms with Gasteiger partial charge in [0.2, 0.25) is 5.75 Å². The van der Waals surface area contributed by atoms with Crippen molar-refractivity contribution in [2.75, 3.05) is 27.9 Å². The highest BCUT2D eigenvalue weighted by Gasteiger charge is 2.12. The Hall–Kier alpha value is -2.07. The fraction of sp³-hybridized carbons (Fsp3) is 0.500. The molecule has 0 atom stereocenters. The number of ether oxygens (including phenoxy) is 3. The number of methoxy groups -OCH3 is 3. The third-order valence-electron chi connectivity index (χ3n) is 2.51. The van der Waals surface area contributed by atoms with E-state index in [1.54, 1.807) is 21.3 Å². The topological polar surface area (TPSA) is 76.5 Å². The van der Waals surface area contributed by atoms with E-state index < -0.39 is 0 Å². The van der Waals surface area contributed by atoms with Crippen LogP contribution in [0.15, 0.2) is 17.2 Å². The van der Waals surface area contributed by atoms with Crippen LogP contribution in [0, 0.1) is 0 Å². The van der Waals surface area contributed by atoms with Crippen molar-refractivity contribution in [3.05, 3.63) is 28.1 Å². The highest BCUT2D eigenvalue weighted by molar-refractivity contribution is 5.53. The highest BCUT2D eigenvalue weighted by atomic mass is 16.5. The number of azide groups is 1. The van der Waals surface area contributed by atoms with Gasteiger partial charge in [-0.3, -0.25) is 0 Å². The van der Waals surface area contributed by atoms with Crippen molar-refractivity contribution in [3.63, 3.8) is 0 Å². The monoisotopic (exact) mass is 251 g/mol. The van der Waals surface area contributed by atoms with E-state index in [1.807, 2.05) is 12.1 Å². The first-order chi connectivity index (χ1) is 8.76. The molecule has 0 spiro atoms. The van der Waals surface area contributed by atoms with Crippen LogP contribution >= 0.6 is 0 Å². The molecule has 0 bridgehead atoms. The molecule has 0 saturated carbocycles. The Morgan fingerprint density at radius 1 is 1.11 bits per heavy atom. The van der Waals surface area contributed by atoms with Crippen LogP contribution in [0.1, 0.15) is 12.0 Å². The zero-order chi connectivity index (χ0) is 13.4. The molecule has 6 heteroatoms. The van der Waals surface area contributed by atoms with Gasteiger partial charge < -0.3 is 14.2 Å². The zero-order valence-electron chi connectivity index (χ0n) is 10.8. The summed E-state index contributed by atoms with van der Waals surface area (Å²) < 4.78 is 15.8. The maximum atomic E-state index is 8.20. The van der Waals surface area contributed by atoms with Gasteiger partial charge in [-0.15, -0.1) is 0 Å². The van der Waals surface area contributed by atoms with Gasteiger partial charge in [-0.25, -0.2) is 0 Å². The van der Waals surface area contributed by atoms with Gasteiger partial charge in [0.25, 0.3) is 0 Å². The lowest BCUT2D eigenvalue weighted by molar-refractivity contribution is 0.323. The van der Waals surface area contributed by atoms with E-state index in [-0.39, 0.29) is 0 Å². The molecular formula is C12H17N3O3. The van der Waals surface area contributed by atoms with Crippen molar-refractivity contribution < 1.29 is 14.2 Å². The molecule has 0 unspecified atom stereocenters. The van der Waals surface area contributed by atoms with E-state index in [1.165, 1.54) is 0 Å². The normalized spacial score (nSPS) is 9.50. The van der Waals surface area contributed by atoms with Crippen molar-refractivity contribution in [1.29, 1.82) is 0 Å². The molecule has 0 aliphatic carbocycles. The Balaban J connectivity index is 2.89. The molecule has 0 heterocycles. The second-order valence-corrected chi connectivity index (χ2v) is 3.59. The number of aryl methyl sites for hydroxylation is 1. The summed E-state index contributed by atoms with van der Waals surface area (Å²) in [7, 11) is 4.74. The van der Waals surface area contributed by atoms with E-state index in [4.69, 9.17) is 19.7 Å². The van der Waals surface area contributed by atoms with Crippen LogP contribution in [0.5, 0.6) is 17.2 Å². The third-order valence-corrected chi connectivity index (χ3v) is 2.51. The number of benzene rings is 1. The molecule has 0 aromatic heterocycles. The van der Waals surface area contributed by atoms with Crippen LogP contribution in [0.25, 0.3) is 10.4 Å². The molecule has 0 N–H and O–H groups in total. The van der Waals surface area contributed by atoms with Gasteiger partial charge >= 0.3 is 0 Å². The fourth-order valence-electron chi connectivity index (χ4n) is 1.68. The predicted octanol–water partition coefficient (Wildman–Crippen LogP) is 2.96. The minimum atomic E-state index is 0.479. The summed E-state index contributed by atoms with van der Waals surface area (Å²) >= 11 is 0. The van der Waals surface area contributed by atoms with Crippen molar-refractivity contribution in [2.45, 2.75) is 12.8 Å². The van der Waals surface area contributed by atoms with Crippen molar-refractivity contribution in [3.8, 4) is 17.2 Å². The Kier molecular flexibility index (Phi) is 5.67. The van der Waals surface area contributed by atoms with Crippen LogP contribution in [0.2, 0.25) is 0 Å². The summed E-state index contributed by atoms with van der Waals surface area (Å²) in [6, 6.07) is 3.80. The zero-order valence-corrected chi connectivity index (χ0v) is 10.8. The maximum absolute atomic E-state index is 8.20. The van der Waals surface area contributed by atoms with Crippen molar-refractivity contribution in [2.24, 2.45) is 5.11 Å². The van der Waals surface area contributed by atoms with Crippen LogP contribution in [0.4, 0.5) is 0 Å². The number of hydrogen-bond acceptors (Lipinski definition) is 4. The van der Waals surface area contributed by atoms with Gasteiger partial charge in [-0.2, -0.15) is 0 Å². The predicted molar refractivity (Wildman–Crippen MR) is 68.4 cm³/mol. The Bertz CT molecular complexity index is 417. The summed E-state index contributed by atoms with van der Waals surface area (Å²) in [6.07, 6.45) is 1.57. The SMILES string of the molecule is COc1cc(CCCN=[N+]=[N-])cc(OC)c1OC. The van der Waals surface area contributed by atoms with Gasteiger partial charge in [0.05, 0.1) is 21.3 Å². The molecule has 1 aromatic rings. The summed E-state index contributed by atoms with van der Waals surface area (Å²) in [6.45, 7) is 0.479. The lowest BCUT2D eigenvalue weighted by Crippen LogP contribution is -1.97. The molecule has 0 radical (unpaired) electrons. The van der Waals surface area contributed by atoms with E-state index in [0.29, 0.717) is 23.8 Å². The lowest BCUT2D eigenvalue weighted by atomic mass is 10.1. The first-order valence-corrected chi connectivity index (χ1v) is 5.56. The molecule has 1 rings (SSSR count). The first-order valence-electron chi connectivity index (χ1n) is 5.56. The molecule has 0 aliphatic heterocycles. The van der Waals surface area contributed by atoms with Crippen LogP contribution in [-0.2, 0) is 6.42 Å². The molecule has 0 saturated heterocycles. The van der Waals surface area contributed by atoms with E-state index >= 15 is 0 Å². The van der Waals surface area contributed by atoms with Crippen molar-refractivity contribution >= 4 is 0 Å². The first kappa shape index (κ1) is 14.0. The highest BCUT2D eigenvalue weighted by Crippen LogP contribution is 2.38. The minimum Gasteiger partial charge on any atom is -0.493 e. The van der Waals surface area contributed by atoms with Gasteiger partial charge in [0.15, 0.2) is 11.5 Å². The van der Waals surface area contributed by atoms with E-state index in [2.05, 4.69) is 10.0 Å². The van der Waals surface area contributed by atoms with Crippen LogP contribution in [-0.4, -0.2) is 27.9 Å². The second kappa shape index (κ2) is 7.29. The van der Waals surface area contributed by atoms with E-state index in [0.717, 1.165) is 18.4 Å². The summed E-state index contributed by atoms with van der Waals surface area (Å²) in [5.41, 5.74) is 9.25. The molecule has 18 heavy (non-hydrogen) atoms. The fourth-order valence-corrected chi connectivity index (χ4v) is 1.68. The smallest absolute Gasteiger partial charge is 0.203 e. The summed E-state index contributed by atoms with van der Waals surface area (Å²) in [4.78, 5) is 2.72. The summed E-state index contributed by atoms with van der Waals surface area (Å²) in [5, 5.41) is 3.50.